The zero-order chi connectivity index (χ0) is 26.5. The van der Waals surface area contributed by atoms with Gasteiger partial charge in [0.2, 0.25) is 0 Å². The summed E-state index contributed by atoms with van der Waals surface area (Å²) >= 11 is 0. The number of aryl methyl sites for hydroxylation is 1. The molecule has 5 rings (SSSR count). The minimum atomic E-state index is -0.689. The van der Waals surface area contributed by atoms with Gasteiger partial charge in [0.15, 0.2) is 5.70 Å². The number of hydrazine groups is 1. The summed E-state index contributed by atoms with van der Waals surface area (Å²) in [7, 11) is 0. The van der Waals surface area contributed by atoms with Crippen molar-refractivity contribution in [3.63, 3.8) is 0 Å². The first kappa shape index (κ1) is 24.9. The second-order valence-electron chi connectivity index (χ2n) is 8.96. The molecule has 2 amide bonds. The summed E-state index contributed by atoms with van der Waals surface area (Å²) in [5.74, 6) is -1.70. The number of benzene rings is 3. The van der Waals surface area contributed by atoms with Crippen molar-refractivity contribution in [3.8, 4) is 0 Å². The summed E-state index contributed by atoms with van der Waals surface area (Å²) in [5, 5.41) is 1.41. The molecule has 3 aromatic carbocycles. The number of hydrogen-bond acceptors (Lipinski definition) is 7. The van der Waals surface area contributed by atoms with Gasteiger partial charge in [-0.25, -0.2) is 14.8 Å². The zero-order valence-corrected chi connectivity index (χ0v) is 20.9. The topological polar surface area (TPSA) is 94.6 Å². The summed E-state index contributed by atoms with van der Waals surface area (Å²) in [5.41, 5.74) is 5.70. The number of para-hydroxylation sites is 1. The van der Waals surface area contributed by atoms with E-state index in [1.165, 1.54) is 16.6 Å². The monoisotopic (exact) mass is 509 g/mol. The van der Waals surface area contributed by atoms with E-state index in [-0.39, 0.29) is 11.4 Å². The van der Waals surface area contributed by atoms with E-state index in [0.29, 0.717) is 37.4 Å². The maximum absolute atomic E-state index is 13.7. The summed E-state index contributed by atoms with van der Waals surface area (Å²) in [6, 6.07) is 25.8. The molecular weight excluding hydrogens is 482 g/mol. The van der Waals surface area contributed by atoms with Crippen LogP contribution in [0.4, 0.5) is 11.4 Å². The number of rotatable bonds is 5. The first-order chi connectivity index (χ1) is 18.5. The highest BCUT2D eigenvalue weighted by Gasteiger charge is 2.32. The van der Waals surface area contributed by atoms with Crippen LogP contribution >= 0.6 is 0 Å². The summed E-state index contributed by atoms with van der Waals surface area (Å²) in [6.07, 6.45) is 1.31. The van der Waals surface area contributed by atoms with E-state index < -0.39 is 17.8 Å². The Labute approximate surface area is 220 Å². The molecule has 2 saturated heterocycles. The fourth-order valence-electron chi connectivity index (χ4n) is 4.28. The molecule has 1 N–H and O–H groups in total. The molecule has 9 heteroatoms. The molecule has 2 aliphatic heterocycles. The maximum atomic E-state index is 13.7. The number of anilines is 2. The van der Waals surface area contributed by atoms with Gasteiger partial charge in [-0.1, -0.05) is 59.7 Å². The van der Waals surface area contributed by atoms with Gasteiger partial charge in [0, 0.05) is 43.5 Å². The van der Waals surface area contributed by atoms with Crippen molar-refractivity contribution in [2.45, 2.75) is 6.92 Å². The van der Waals surface area contributed by atoms with Gasteiger partial charge in [0.25, 0.3) is 11.8 Å². The van der Waals surface area contributed by atoms with E-state index in [9.17, 15) is 14.4 Å². The third-order valence-corrected chi connectivity index (χ3v) is 6.40. The molecule has 0 saturated carbocycles. The number of piperazine rings is 1. The highest BCUT2D eigenvalue weighted by molar-refractivity contribution is 6.45. The molecule has 2 heterocycles. The van der Waals surface area contributed by atoms with Gasteiger partial charge >= 0.3 is 5.97 Å². The van der Waals surface area contributed by atoms with Gasteiger partial charge in [-0.2, -0.15) is 0 Å². The molecule has 2 aliphatic rings. The van der Waals surface area contributed by atoms with E-state index in [1.54, 1.807) is 47.4 Å². The predicted molar refractivity (Wildman–Crippen MR) is 144 cm³/mol. The number of hydrogen-bond donors (Lipinski definition) is 1. The lowest BCUT2D eigenvalue weighted by Gasteiger charge is -2.36. The van der Waals surface area contributed by atoms with Crippen LogP contribution in [0.3, 0.4) is 0 Å². The molecule has 2 fully saturated rings. The Morgan fingerprint density at radius 2 is 1.47 bits per heavy atom. The van der Waals surface area contributed by atoms with E-state index in [2.05, 4.69) is 39.7 Å². The Hall–Kier alpha value is -4.76. The molecule has 38 heavy (non-hydrogen) atoms. The fourth-order valence-corrected chi connectivity index (χ4v) is 4.28. The Kier molecular flexibility index (Phi) is 7.28. The van der Waals surface area contributed by atoms with Crippen LogP contribution in [0.1, 0.15) is 15.9 Å². The van der Waals surface area contributed by atoms with Crippen LogP contribution in [0, 0.1) is 6.92 Å². The molecule has 3 aromatic rings. The van der Waals surface area contributed by atoms with Crippen LogP contribution in [0.15, 0.2) is 102 Å². The molecule has 0 atom stereocenters. The first-order valence-electron chi connectivity index (χ1n) is 12.3. The van der Waals surface area contributed by atoms with Gasteiger partial charge < -0.3 is 14.6 Å². The van der Waals surface area contributed by atoms with E-state index in [4.69, 9.17) is 4.84 Å². The number of carbonyl (C=O) groups is 3. The van der Waals surface area contributed by atoms with Crippen LogP contribution in [-0.2, 0) is 14.4 Å². The predicted octanol–water partition coefficient (Wildman–Crippen LogP) is 3.29. The Morgan fingerprint density at radius 1 is 0.842 bits per heavy atom. The zero-order valence-electron chi connectivity index (χ0n) is 20.9. The molecule has 0 bridgehead atoms. The second kappa shape index (κ2) is 11.1. The Morgan fingerprint density at radius 3 is 2.13 bits per heavy atom. The van der Waals surface area contributed by atoms with Crippen LogP contribution in [0.25, 0.3) is 0 Å². The quantitative estimate of drug-likeness (QED) is 0.417. The van der Waals surface area contributed by atoms with Crippen molar-refractivity contribution in [2.24, 2.45) is 4.99 Å². The Bertz CT molecular complexity index is 1380. The van der Waals surface area contributed by atoms with E-state index >= 15 is 0 Å². The molecule has 0 unspecified atom stereocenters. The van der Waals surface area contributed by atoms with Crippen molar-refractivity contribution in [1.29, 1.82) is 0 Å². The lowest BCUT2D eigenvalue weighted by Crippen LogP contribution is -2.50. The number of carbonyl (C=O) groups excluding carboxylic acids is 3. The van der Waals surface area contributed by atoms with Crippen molar-refractivity contribution >= 4 is 34.9 Å². The lowest BCUT2D eigenvalue weighted by molar-refractivity contribution is -0.140. The molecule has 9 nitrogen and oxygen atoms in total. The fraction of sp³-hybridized carbons (Fsp3) is 0.172. The van der Waals surface area contributed by atoms with Crippen molar-refractivity contribution in [3.05, 3.63) is 108 Å². The second-order valence-corrected chi connectivity index (χ2v) is 8.96. The van der Waals surface area contributed by atoms with Gasteiger partial charge in [-0.15, -0.1) is 0 Å². The van der Waals surface area contributed by atoms with Crippen molar-refractivity contribution in [1.82, 2.24) is 10.5 Å². The third-order valence-electron chi connectivity index (χ3n) is 6.40. The molecule has 192 valence electrons. The molecular formula is C29H27N5O4. The SMILES string of the molecule is Cc1ccc(N2CCN(C(=O)C(/C=C3\C(=O)ONN3c3ccccc3)=NC(=O)c3ccccc3)CC2)cc1. The largest absolute Gasteiger partial charge is 0.376 e. The van der Waals surface area contributed by atoms with Crippen LogP contribution in [0.2, 0.25) is 0 Å². The smallest absolute Gasteiger partial charge is 0.368 e. The minimum Gasteiger partial charge on any atom is -0.368 e. The normalized spacial score (nSPS) is 17.1. The first-order valence-corrected chi connectivity index (χ1v) is 12.3. The molecule has 0 spiro atoms. The highest BCUT2D eigenvalue weighted by atomic mass is 16.7. The van der Waals surface area contributed by atoms with E-state index in [1.807, 2.05) is 25.1 Å². The lowest BCUT2D eigenvalue weighted by atomic mass is 10.1. The molecule has 0 aromatic heterocycles. The van der Waals surface area contributed by atoms with Crippen LogP contribution in [0.5, 0.6) is 0 Å². The summed E-state index contributed by atoms with van der Waals surface area (Å²) < 4.78 is 0. The van der Waals surface area contributed by atoms with Crippen LogP contribution in [-0.4, -0.2) is 54.6 Å². The number of nitrogens with zero attached hydrogens (tertiary/aromatic N) is 4. The molecule has 0 aliphatic carbocycles. The van der Waals surface area contributed by atoms with E-state index in [0.717, 1.165) is 5.69 Å². The average molecular weight is 510 g/mol. The van der Waals surface area contributed by atoms with Gasteiger partial charge in [-0.3, -0.25) is 9.59 Å². The maximum Gasteiger partial charge on any atom is 0.376 e. The van der Waals surface area contributed by atoms with Crippen molar-refractivity contribution in [2.75, 3.05) is 36.1 Å². The standard InChI is InChI=1S/C29H27N5O4/c1-21-12-14-23(15-13-21)32-16-18-33(19-17-32)28(36)25(30-27(35)22-8-4-2-5-9-22)20-26-29(37)38-31-34(26)24-10-6-3-7-11-24/h2-15,20,31H,16-19H2,1H3/b26-20+,30-25?. The summed E-state index contributed by atoms with van der Waals surface area (Å²) in [4.78, 5) is 52.3. The third kappa shape index (κ3) is 5.47. The minimum absolute atomic E-state index is 0.0439. The van der Waals surface area contributed by atoms with Crippen molar-refractivity contribution < 1.29 is 19.2 Å². The van der Waals surface area contributed by atoms with Gasteiger partial charge in [0.1, 0.15) is 5.71 Å². The highest BCUT2D eigenvalue weighted by Crippen LogP contribution is 2.22. The molecule has 0 radical (unpaired) electrons. The number of nitrogens with one attached hydrogen (secondary N) is 1. The Balaban J connectivity index is 1.43. The van der Waals surface area contributed by atoms with Gasteiger partial charge in [0.05, 0.1) is 5.69 Å². The summed E-state index contributed by atoms with van der Waals surface area (Å²) in [6.45, 7) is 4.19. The average Bonchev–Trinajstić information content (AvgIpc) is 3.33. The number of aliphatic imine (C=N–C) groups is 1. The van der Waals surface area contributed by atoms with Gasteiger partial charge in [-0.05, 0) is 43.3 Å². The van der Waals surface area contributed by atoms with Crippen LogP contribution < -0.4 is 15.5 Å². The number of amides is 2.